The van der Waals surface area contributed by atoms with Crippen LogP contribution >= 0.6 is 0 Å². The van der Waals surface area contributed by atoms with Crippen molar-refractivity contribution in [3.05, 3.63) is 48.0 Å². The molecule has 2 aromatic heterocycles. The molecule has 3 rings (SSSR count). The van der Waals surface area contributed by atoms with Crippen molar-refractivity contribution in [2.45, 2.75) is 6.92 Å². The number of aryl methyl sites for hydroxylation is 2. The number of rotatable bonds is 1. The lowest BCUT2D eigenvalue weighted by Crippen LogP contribution is -1.93. The predicted molar refractivity (Wildman–Crippen MR) is 68.6 cm³/mol. The smallest absolute Gasteiger partial charge is 0.140 e. The van der Waals surface area contributed by atoms with Gasteiger partial charge in [-0.3, -0.25) is 4.98 Å². The summed E-state index contributed by atoms with van der Waals surface area (Å²) in [4.78, 5) is 8.65. The first kappa shape index (κ1) is 10.9. The number of benzene rings is 1. The van der Waals surface area contributed by atoms with Gasteiger partial charge in [-0.25, -0.2) is 9.37 Å². The zero-order valence-corrected chi connectivity index (χ0v) is 10.2. The molecule has 0 N–H and O–H groups in total. The highest BCUT2D eigenvalue weighted by Gasteiger charge is 2.10. The van der Waals surface area contributed by atoms with E-state index in [4.69, 9.17) is 0 Å². The molecule has 0 aliphatic rings. The van der Waals surface area contributed by atoms with Crippen LogP contribution in [0.1, 0.15) is 5.56 Å². The Kier molecular flexibility index (Phi) is 2.37. The van der Waals surface area contributed by atoms with E-state index in [1.165, 1.54) is 6.07 Å². The Morgan fingerprint density at radius 1 is 1.22 bits per heavy atom. The first-order valence-corrected chi connectivity index (χ1v) is 5.70. The molecule has 0 atom stereocenters. The van der Waals surface area contributed by atoms with Crippen LogP contribution in [-0.2, 0) is 7.05 Å². The van der Waals surface area contributed by atoms with E-state index in [1.807, 2.05) is 23.7 Å². The van der Waals surface area contributed by atoms with Crippen LogP contribution in [0.2, 0.25) is 0 Å². The molecule has 0 bridgehead atoms. The first-order valence-electron chi connectivity index (χ1n) is 5.70. The molecular weight excluding hydrogens is 229 g/mol. The highest BCUT2D eigenvalue weighted by atomic mass is 19.1. The Morgan fingerprint density at radius 2 is 2.06 bits per heavy atom. The van der Waals surface area contributed by atoms with Crippen molar-refractivity contribution in [3.8, 4) is 11.4 Å². The van der Waals surface area contributed by atoms with Crippen LogP contribution in [0.25, 0.3) is 22.4 Å². The molecular formula is C14H12FN3. The summed E-state index contributed by atoms with van der Waals surface area (Å²) >= 11 is 0. The van der Waals surface area contributed by atoms with E-state index >= 15 is 0 Å². The minimum Gasteiger partial charge on any atom is -0.326 e. The predicted octanol–water partition coefficient (Wildman–Crippen LogP) is 3.08. The van der Waals surface area contributed by atoms with E-state index in [1.54, 1.807) is 25.4 Å². The number of aromatic nitrogens is 3. The fourth-order valence-corrected chi connectivity index (χ4v) is 2.08. The molecule has 0 unspecified atom stereocenters. The number of imidazole rings is 1. The summed E-state index contributed by atoms with van der Waals surface area (Å²) in [5, 5.41) is 0. The number of nitrogens with zero attached hydrogens (tertiary/aromatic N) is 3. The lowest BCUT2D eigenvalue weighted by atomic mass is 10.1. The van der Waals surface area contributed by atoms with Crippen molar-refractivity contribution in [1.82, 2.24) is 14.5 Å². The third-order valence-corrected chi connectivity index (χ3v) is 3.10. The van der Waals surface area contributed by atoms with Gasteiger partial charge < -0.3 is 4.57 Å². The molecule has 1 aromatic carbocycles. The van der Waals surface area contributed by atoms with Gasteiger partial charge in [0.05, 0.1) is 17.2 Å². The molecule has 3 nitrogen and oxygen atoms in total. The topological polar surface area (TPSA) is 30.7 Å². The Labute approximate surface area is 104 Å². The van der Waals surface area contributed by atoms with Crippen molar-refractivity contribution in [3.63, 3.8) is 0 Å². The summed E-state index contributed by atoms with van der Waals surface area (Å²) in [6.07, 6.45) is 3.50. The molecule has 4 heteroatoms. The van der Waals surface area contributed by atoms with E-state index in [-0.39, 0.29) is 5.82 Å². The summed E-state index contributed by atoms with van der Waals surface area (Å²) < 4.78 is 15.2. The molecule has 0 fully saturated rings. The highest BCUT2D eigenvalue weighted by molar-refractivity contribution is 5.79. The molecule has 0 aliphatic carbocycles. The van der Waals surface area contributed by atoms with Crippen molar-refractivity contribution in [2.75, 3.05) is 0 Å². The minimum absolute atomic E-state index is 0.195. The Balaban J connectivity index is 2.25. The third kappa shape index (κ3) is 1.57. The average Bonchev–Trinajstić information content (AvgIpc) is 2.71. The van der Waals surface area contributed by atoms with Crippen molar-refractivity contribution < 1.29 is 4.39 Å². The fraction of sp³-hybridized carbons (Fsp3) is 0.143. The quantitative estimate of drug-likeness (QED) is 0.655. The fourth-order valence-electron chi connectivity index (χ4n) is 2.08. The van der Waals surface area contributed by atoms with Crippen LogP contribution in [0.3, 0.4) is 0 Å². The van der Waals surface area contributed by atoms with Gasteiger partial charge in [0.25, 0.3) is 0 Å². The second kappa shape index (κ2) is 3.91. The Hall–Kier alpha value is -2.23. The van der Waals surface area contributed by atoms with Gasteiger partial charge >= 0.3 is 0 Å². The summed E-state index contributed by atoms with van der Waals surface area (Å²) in [6.45, 7) is 1.75. The van der Waals surface area contributed by atoms with Crippen LogP contribution < -0.4 is 0 Å². The van der Waals surface area contributed by atoms with Crippen molar-refractivity contribution in [1.29, 1.82) is 0 Å². The molecule has 18 heavy (non-hydrogen) atoms. The maximum atomic E-state index is 13.3. The highest BCUT2D eigenvalue weighted by Crippen LogP contribution is 2.24. The van der Waals surface area contributed by atoms with Crippen LogP contribution in [0.15, 0.2) is 36.7 Å². The molecule has 0 radical (unpaired) electrons. The second-order valence-electron chi connectivity index (χ2n) is 4.32. The van der Waals surface area contributed by atoms with Crippen molar-refractivity contribution in [2.24, 2.45) is 7.05 Å². The van der Waals surface area contributed by atoms with E-state index in [0.29, 0.717) is 5.56 Å². The molecule has 0 amide bonds. The summed E-state index contributed by atoms with van der Waals surface area (Å²) in [7, 11) is 1.94. The zero-order valence-electron chi connectivity index (χ0n) is 10.2. The number of pyridine rings is 1. The monoisotopic (exact) mass is 241 g/mol. The number of halogens is 1. The number of fused-ring (bicyclic) bond motifs is 1. The van der Waals surface area contributed by atoms with E-state index < -0.39 is 0 Å². The van der Waals surface area contributed by atoms with Gasteiger partial charge in [0, 0.05) is 18.8 Å². The molecule has 0 saturated carbocycles. The lowest BCUT2D eigenvalue weighted by molar-refractivity contribution is 0.618. The van der Waals surface area contributed by atoms with Crippen molar-refractivity contribution >= 4 is 11.0 Å². The zero-order chi connectivity index (χ0) is 12.7. The number of hydrogen-bond donors (Lipinski definition) is 0. The standard InChI is InChI=1S/C14H12FN3/c1-9-7-10(3-4-11(9)15)14-17-12-5-6-16-8-13(12)18(14)2/h3-8H,1-2H3. The maximum absolute atomic E-state index is 13.3. The van der Waals surface area contributed by atoms with Crippen LogP contribution in [0.5, 0.6) is 0 Å². The van der Waals surface area contributed by atoms with Gasteiger partial charge in [-0.15, -0.1) is 0 Å². The lowest BCUT2D eigenvalue weighted by Gasteiger charge is -2.04. The summed E-state index contributed by atoms with van der Waals surface area (Å²) in [5.41, 5.74) is 3.39. The molecule has 2 heterocycles. The van der Waals surface area contributed by atoms with Gasteiger partial charge in [-0.2, -0.15) is 0 Å². The third-order valence-electron chi connectivity index (χ3n) is 3.10. The molecule has 90 valence electrons. The van der Waals surface area contributed by atoms with E-state index in [2.05, 4.69) is 9.97 Å². The SMILES string of the molecule is Cc1cc(-c2nc3ccncc3n2C)ccc1F. The van der Waals surface area contributed by atoms with E-state index in [9.17, 15) is 4.39 Å². The van der Waals surface area contributed by atoms with Crippen LogP contribution in [0.4, 0.5) is 4.39 Å². The Bertz CT molecular complexity index is 731. The van der Waals surface area contributed by atoms with Crippen LogP contribution in [0, 0.1) is 12.7 Å². The van der Waals surface area contributed by atoms with Gasteiger partial charge in [-0.1, -0.05) is 0 Å². The van der Waals surface area contributed by atoms with E-state index in [0.717, 1.165) is 22.4 Å². The molecule has 3 aromatic rings. The molecule has 0 aliphatic heterocycles. The van der Waals surface area contributed by atoms with Gasteiger partial charge in [0.15, 0.2) is 0 Å². The molecule has 0 spiro atoms. The average molecular weight is 241 g/mol. The largest absolute Gasteiger partial charge is 0.326 e. The van der Waals surface area contributed by atoms with Gasteiger partial charge in [0.1, 0.15) is 11.6 Å². The van der Waals surface area contributed by atoms with Gasteiger partial charge in [0.2, 0.25) is 0 Å². The normalized spacial score (nSPS) is 11.1. The second-order valence-corrected chi connectivity index (χ2v) is 4.32. The molecule has 0 saturated heterocycles. The summed E-state index contributed by atoms with van der Waals surface area (Å²) in [5.74, 6) is 0.625. The number of hydrogen-bond acceptors (Lipinski definition) is 2. The summed E-state index contributed by atoms with van der Waals surface area (Å²) in [6, 6.07) is 6.90. The Morgan fingerprint density at radius 3 is 2.78 bits per heavy atom. The van der Waals surface area contributed by atoms with Crippen LogP contribution in [-0.4, -0.2) is 14.5 Å². The van der Waals surface area contributed by atoms with Gasteiger partial charge in [-0.05, 0) is 36.8 Å². The first-order chi connectivity index (χ1) is 8.66. The minimum atomic E-state index is -0.195. The maximum Gasteiger partial charge on any atom is 0.140 e.